The summed E-state index contributed by atoms with van der Waals surface area (Å²) in [6, 6.07) is 7.24. The van der Waals surface area contributed by atoms with Crippen molar-refractivity contribution in [2.75, 3.05) is 0 Å². The highest BCUT2D eigenvalue weighted by atomic mass is 14.6. The molecule has 1 nitrogen and oxygen atoms in total. The van der Waals surface area contributed by atoms with Crippen molar-refractivity contribution in [3.05, 3.63) is 47.5 Å². The summed E-state index contributed by atoms with van der Waals surface area (Å²) in [6.07, 6.45) is 21.3. The fraction of sp³-hybridized carbons (Fsp3) is 0.667. The van der Waals surface area contributed by atoms with Gasteiger partial charge < -0.3 is 6.15 Å². The molecule has 4 saturated carbocycles. The minimum Gasteiger partial charge on any atom is -0.344 e. The Morgan fingerprint density at radius 1 is 0.871 bits per heavy atom. The Bertz CT molecular complexity index is 837. The van der Waals surface area contributed by atoms with Crippen LogP contribution in [-0.2, 0) is 0 Å². The summed E-state index contributed by atoms with van der Waals surface area (Å²) in [5.74, 6) is 4.72. The lowest BCUT2D eigenvalue weighted by Crippen LogP contribution is -2.52. The minimum absolute atomic E-state index is 0. The molecule has 0 spiro atoms. The summed E-state index contributed by atoms with van der Waals surface area (Å²) in [5, 5.41) is 0. The molecule has 3 N–H and O–H groups in total. The van der Waals surface area contributed by atoms with Gasteiger partial charge in [-0.25, -0.2) is 0 Å². The van der Waals surface area contributed by atoms with Crippen LogP contribution in [0, 0.1) is 34.5 Å². The topological polar surface area (TPSA) is 35.0 Å². The van der Waals surface area contributed by atoms with Gasteiger partial charge in [0.1, 0.15) is 0 Å². The minimum atomic E-state index is 0. The third-order valence-corrected chi connectivity index (χ3v) is 10.7. The van der Waals surface area contributed by atoms with Crippen molar-refractivity contribution >= 4 is 12.2 Å². The molecule has 0 amide bonds. The molecule has 0 radical (unpaired) electrons. The number of benzene rings is 1. The van der Waals surface area contributed by atoms with Crippen molar-refractivity contribution < 1.29 is 0 Å². The van der Waals surface area contributed by atoms with E-state index in [0.717, 1.165) is 29.6 Å². The zero-order valence-corrected chi connectivity index (χ0v) is 20.3. The molecule has 7 atom stereocenters. The number of hydrogen-bond donors (Lipinski definition) is 1. The summed E-state index contributed by atoms with van der Waals surface area (Å²) >= 11 is 0. The quantitative estimate of drug-likeness (QED) is 0.521. The van der Waals surface area contributed by atoms with Gasteiger partial charge in [-0.3, -0.25) is 0 Å². The lowest BCUT2D eigenvalue weighted by atomic mass is 9.44. The molecule has 0 aliphatic heterocycles. The van der Waals surface area contributed by atoms with E-state index in [4.69, 9.17) is 0 Å². The van der Waals surface area contributed by atoms with Crippen LogP contribution >= 0.6 is 0 Å². The Balaban J connectivity index is 0.00000231. The fourth-order valence-corrected chi connectivity index (χ4v) is 9.16. The first-order chi connectivity index (χ1) is 14.5. The van der Waals surface area contributed by atoms with Gasteiger partial charge in [-0.05, 0) is 115 Å². The summed E-state index contributed by atoms with van der Waals surface area (Å²) in [7, 11) is 0. The first-order valence-corrected chi connectivity index (χ1v) is 12.9. The molecule has 0 heterocycles. The standard InChI is InChI=1S/C30H42.H3N/c1-5-9-22-11-12-23(20-21(22)6-2)26-15-16-27-25-14-13-24-10-7-8-18-29(24,3)28(25)17-19-30(26,27)4;/h5-6,9,11-12,20,24-28H,2,7-8,10,13-19H2,1,3-4H3;1H3/b9-5-;. The number of fused-ring (bicyclic) bond motifs is 5. The van der Waals surface area contributed by atoms with E-state index < -0.39 is 0 Å². The average Bonchev–Trinajstić information content (AvgIpc) is 3.11. The summed E-state index contributed by atoms with van der Waals surface area (Å²) < 4.78 is 0. The van der Waals surface area contributed by atoms with E-state index in [2.05, 4.69) is 63.8 Å². The fourth-order valence-electron chi connectivity index (χ4n) is 9.16. The summed E-state index contributed by atoms with van der Waals surface area (Å²) in [4.78, 5) is 0. The highest BCUT2D eigenvalue weighted by Gasteiger charge is 2.59. The predicted octanol–water partition coefficient (Wildman–Crippen LogP) is 9.04. The van der Waals surface area contributed by atoms with Gasteiger partial charge in [0.15, 0.2) is 0 Å². The van der Waals surface area contributed by atoms with E-state index >= 15 is 0 Å². The molecule has 0 bridgehead atoms. The van der Waals surface area contributed by atoms with Gasteiger partial charge in [0, 0.05) is 0 Å². The molecule has 4 fully saturated rings. The van der Waals surface area contributed by atoms with E-state index in [1.54, 1.807) is 5.56 Å². The van der Waals surface area contributed by atoms with Gasteiger partial charge in [0.25, 0.3) is 0 Å². The van der Waals surface area contributed by atoms with Crippen molar-refractivity contribution in [2.45, 2.75) is 90.9 Å². The van der Waals surface area contributed by atoms with Crippen LogP contribution < -0.4 is 6.15 Å². The summed E-state index contributed by atoms with van der Waals surface area (Å²) in [6.45, 7) is 11.6. The molecule has 1 aromatic rings. The third-order valence-electron chi connectivity index (χ3n) is 10.7. The molecule has 5 rings (SSSR count). The Morgan fingerprint density at radius 2 is 1.68 bits per heavy atom. The SMILES string of the molecule is C=Cc1cc(C2CCC3C4CCC5CCCCC5(C)C4CCC23C)ccc1/C=C\C.N. The lowest BCUT2D eigenvalue weighted by molar-refractivity contribution is -0.105. The largest absolute Gasteiger partial charge is 0.344 e. The molecule has 1 aromatic carbocycles. The van der Waals surface area contributed by atoms with Crippen LogP contribution in [0.15, 0.2) is 30.9 Å². The molecule has 7 unspecified atom stereocenters. The average molecular weight is 420 g/mol. The van der Waals surface area contributed by atoms with Gasteiger partial charge in [-0.2, -0.15) is 0 Å². The maximum absolute atomic E-state index is 4.11. The molecule has 4 aliphatic rings. The smallest absolute Gasteiger partial charge is 0.0105 e. The molecule has 1 heteroatoms. The van der Waals surface area contributed by atoms with Crippen LogP contribution in [0.4, 0.5) is 0 Å². The zero-order valence-electron chi connectivity index (χ0n) is 20.3. The second kappa shape index (κ2) is 8.54. The Kier molecular flexibility index (Phi) is 6.29. The first kappa shape index (κ1) is 22.8. The Hall–Kier alpha value is -1.34. The number of allylic oxidation sites excluding steroid dienone is 1. The van der Waals surface area contributed by atoms with Crippen LogP contribution in [0.1, 0.15) is 108 Å². The molecular weight excluding hydrogens is 374 g/mol. The number of hydrogen-bond acceptors (Lipinski definition) is 1. The van der Waals surface area contributed by atoms with Crippen molar-refractivity contribution in [2.24, 2.45) is 34.5 Å². The maximum atomic E-state index is 4.11. The predicted molar refractivity (Wildman–Crippen MR) is 135 cm³/mol. The summed E-state index contributed by atoms with van der Waals surface area (Å²) in [5.41, 5.74) is 5.36. The molecule has 4 aliphatic carbocycles. The highest BCUT2D eigenvalue weighted by Crippen LogP contribution is 2.69. The van der Waals surface area contributed by atoms with E-state index in [0.29, 0.717) is 10.8 Å². The van der Waals surface area contributed by atoms with Crippen LogP contribution in [0.2, 0.25) is 0 Å². The molecular formula is C30H45N. The van der Waals surface area contributed by atoms with Crippen molar-refractivity contribution in [3.63, 3.8) is 0 Å². The Morgan fingerprint density at radius 3 is 2.45 bits per heavy atom. The van der Waals surface area contributed by atoms with Crippen molar-refractivity contribution in [3.8, 4) is 0 Å². The monoisotopic (exact) mass is 419 g/mol. The van der Waals surface area contributed by atoms with Crippen LogP contribution in [0.25, 0.3) is 12.2 Å². The third kappa shape index (κ3) is 3.47. The van der Waals surface area contributed by atoms with Gasteiger partial charge in [0.2, 0.25) is 0 Å². The maximum Gasteiger partial charge on any atom is -0.0105 e. The first-order valence-electron chi connectivity index (χ1n) is 12.9. The molecule has 0 aromatic heterocycles. The van der Waals surface area contributed by atoms with Crippen molar-refractivity contribution in [1.29, 1.82) is 0 Å². The van der Waals surface area contributed by atoms with E-state index in [9.17, 15) is 0 Å². The van der Waals surface area contributed by atoms with Crippen LogP contribution in [-0.4, -0.2) is 0 Å². The van der Waals surface area contributed by atoms with E-state index in [-0.39, 0.29) is 6.15 Å². The van der Waals surface area contributed by atoms with E-state index in [1.807, 2.05) is 0 Å². The van der Waals surface area contributed by atoms with Crippen LogP contribution in [0.3, 0.4) is 0 Å². The Labute approximate surface area is 191 Å². The second-order valence-electron chi connectivity index (χ2n) is 11.7. The van der Waals surface area contributed by atoms with Gasteiger partial charge in [-0.1, -0.05) is 69.7 Å². The van der Waals surface area contributed by atoms with Gasteiger partial charge >= 0.3 is 0 Å². The lowest BCUT2D eigenvalue weighted by Gasteiger charge is -2.60. The molecule has 31 heavy (non-hydrogen) atoms. The molecule has 170 valence electrons. The van der Waals surface area contributed by atoms with Gasteiger partial charge in [-0.15, -0.1) is 0 Å². The zero-order chi connectivity index (χ0) is 20.9. The normalized spacial score (nSPS) is 41.7. The second-order valence-corrected chi connectivity index (χ2v) is 11.7. The molecule has 0 saturated heterocycles. The van der Waals surface area contributed by atoms with Gasteiger partial charge in [0.05, 0.1) is 0 Å². The number of rotatable bonds is 3. The van der Waals surface area contributed by atoms with Crippen LogP contribution in [0.5, 0.6) is 0 Å². The highest BCUT2D eigenvalue weighted by molar-refractivity contribution is 5.65. The van der Waals surface area contributed by atoms with E-state index in [1.165, 1.54) is 75.3 Å². The van der Waals surface area contributed by atoms with Crippen molar-refractivity contribution in [1.82, 2.24) is 6.15 Å².